The number of para-hydroxylation sites is 1. The van der Waals surface area contributed by atoms with Crippen molar-refractivity contribution in [2.45, 2.75) is 20.5 Å². The molecule has 1 heterocycles. The predicted octanol–water partition coefficient (Wildman–Crippen LogP) is 3.47. The number of rotatable bonds is 4. The molecule has 4 nitrogen and oxygen atoms in total. The molecule has 0 bridgehead atoms. The molecule has 0 radical (unpaired) electrons. The molecule has 1 N–H and O–H groups in total. The number of carbonyl (C=O) groups excluding carboxylic acids is 1. The molecule has 0 aliphatic rings. The van der Waals surface area contributed by atoms with E-state index in [0.717, 1.165) is 27.7 Å². The van der Waals surface area contributed by atoms with E-state index in [0.29, 0.717) is 5.75 Å². The number of ether oxygens (including phenoxy) is 1. The van der Waals surface area contributed by atoms with Crippen molar-refractivity contribution in [1.29, 1.82) is 0 Å². The number of hydrogen-bond donors (Lipinski definition) is 1. The first-order valence-electron chi connectivity index (χ1n) is 7.54. The second-order valence-electron chi connectivity index (χ2n) is 5.57. The lowest BCUT2D eigenvalue weighted by Crippen LogP contribution is -2.20. The number of fused-ring (bicyclic) bond motifs is 1. The van der Waals surface area contributed by atoms with E-state index in [-0.39, 0.29) is 19.1 Å². The van der Waals surface area contributed by atoms with Gasteiger partial charge in [0.25, 0.3) is 5.91 Å². The molecule has 118 valence electrons. The summed E-state index contributed by atoms with van der Waals surface area (Å²) in [6.45, 7) is 3.70. The molecule has 0 aliphatic carbocycles. The summed E-state index contributed by atoms with van der Waals surface area (Å²) >= 11 is 0. The lowest BCUT2D eigenvalue weighted by molar-refractivity contribution is 0.0840. The fraction of sp³-hybridized carbons (Fsp3) is 0.211. The second kappa shape index (κ2) is 6.26. The second-order valence-corrected chi connectivity index (χ2v) is 5.57. The summed E-state index contributed by atoms with van der Waals surface area (Å²) < 4.78 is 7.21. The van der Waals surface area contributed by atoms with E-state index in [9.17, 15) is 9.90 Å². The fourth-order valence-electron chi connectivity index (χ4n) is 2.80. The number of aliphatic hydroxyl groups excluding tert-OH is 1. The molecule has 0 spiro atoms. The minimum absolute atomic E-state index is 0.0482. The number of aromatic nitrogens is 1. The maximum Gasteiger partial charge on any atom is 0.269 e. The van der Waals surface area contributed by atoms with Crippen LogP contribution in [0.2, 0.25) is 0 Å². The molecule has 4 heteroatoms. The van der Waals surface area contributed by atoms with Crippen LogP contribution >= 0.6 is 0 Å². The summed E-state index contributed by atoms with van der Waals surface area (Å²) in [5.41, 5.74) is 3.48. The van der Waals surface area contributed by atoms with Gasteiger partial charge in [0.2, 0.25) is 0 Å². The van der Waals surface area contributed by atoms with Gasteiger partial charge in [0.15, 0.2) is 6.61 Å². The van der Waals surface area contributed by atoms with Gasteiger partial charge in [-0.1, -0.05) is 35.9 Å². The lowest BCUT2D eigenvalue weighted by atomic mass is 10.1. The van der Waals surface area contributed by atoms with Gasteiger partial charge in [0, 0.05) is 16.6 Å². The summed E-state index contributed by atoms with van der Waals surface area (Å²) in [4.78, 5) is 12.6. The quantitative estimate of drug-likeness (QED) is 0.803. The molecule has 3 aromatic rings. The van der Waals surface area contributed by atoms with Crippen molar-refractivity contribution in [3.8, 4) is 5.75 Å². The minimum Gasteiger partial charge on any atom is -0.484 e. The highest BCUT2D eigenvalue weighted by Gasteiger charge is 2.18. The van der Waals surface area contributed by atoms with Crippen molar-refractivity contribution in [2.24, 2.45) is 0 Å². The van der Waals surface area contributed by atoms with Crippen molar-refractivity contribution < 1.29 is 14.6 Å². The van der Waals surface area contributed by atoms with Crippen LogP contribution in [-0.2, 0) is 6.61 Å². The number of benzene rings is 2. The highest BCUT2D eigenvalue weighted by Crippen LogP contribution is 2.25. The zero-order valence-corrected chi connectivity index (χ0v) is 13.2. The predicted molar refractivity (Wildman–Crippen MR) is 89.9 cm³/mol. The smallest absolute Gasteiger partial charge is 0.269 e. The van der Waals surface area contributed by atoms with Gasteiger partial charge in [-0.05, 0) is 32.0 Å². The topological polar surface area (TPSA) is 51.5 Å². The first-order valence-corrected chi connectivity index (χ1v) is 7.54. The molecule has 3 rings (SSSR count). The molecule has 2 aromatic carbocycles. The summed E-state index contributed by atoms with van der Waals surface area (Å²) in [7, 11) is 0. The zero-order chi connectivity index (χ0) is 16.4. The Morgan fingerprint density at radius 1 is 1.09 bits per heavy atom. The molecule has 0 amide bonds. The Hall–Kier alpha value is -2.59. The van der Waals surface area contributed by atoms with Gasteiger partial charge in [-0.25, -0.2) is 0 Å². The van der Waals surface area contributed by atoms with Crippen molar-refractivity contribution in [1.82, 2.24) is 4.57 Å². The average molecular weight is 309 g/mol. The number of carbonyl (C=O) groups is 1. The number of nitrogens with zero attached hydrogens (tertiary/aromatic N) is 1. The first-order chi connectivity index (χ1) is 11.1. The molecule has 0 unspecified atom stereocenters. The SMILES string of the molecule is Cc1ccc(OCC(=O)n2c(C)c(CO)c3ccccc32)cc1. The number of aliphatic hydroxyl groups is 1. The normalized spacial score (nSPS) is 10.9. The third-order valence-corrected chi connectivity index (χ3v) is 4.03. The number of hydrogen-bond acceptors (Lipinski definition) is 3. The Balaban J connectivity index is 1.89. The van der Waals surface area contributed by atoms with E-state index in [1.54, 1.807) is 4.57 Å². The van der Waals surface area contributed by atoms with Gasteiger partial charge in [0.1, 0.15) is 5.75 Å². The zero-order valence-electron chi connectivity index (χ0n) is 13.2. The maximum absolute atomic E-state index is 12.6. The van der Waals surface area contributed by atoms with Gasteiger partial charge in [-0.15, -0.1) is 0 Å². The molecule has 23 heavy (non-hydrogen) atoms. The molecule has 0 aliphatic heterocycles. The van der Waals surface area contributed by atoms with Crippen LogP contribution < -0.4 is 4.74 Å². The van der Waals surface area contributed by atoms with Crippen LogP contribution in [0.4, 0.5) is 0 Å². The van der Waals surface area contributed by atoms with Crippen molar-refractivity contribution in [3.05, 3.63) is 65.4 Å². The van der Waals surface area contributed by atoms with Crippen LogP contribution in [0.5, 0.6) is 5.75 Å². The van der Waals surface area contributed by atoms with Crippen LogP contribution in [0, 0.1) is 13.8 Å². The van der Waals surface area contributed by atoms with Crippen molar-refractivity contribution in [3.63, 3.8) is 0 Å². The van der Waals surface area contributed by atoms with Gasteiger partial charge in [-0.2, -0.15) is 0 Å². The largest absolute Gasteiger partial charge is 0.484 e. The summed E-state index contributed by atoms with van der Waals surface area (Å²) in [5.74, 6) is 0.513. The first kappa shape index (κ1) is 15.3. The Kier molecular flexibility index (Phi) is 4.17. The van der Waals surface area contributed by atoms with Gasteiger partial charge in [-0.3, -0.25) is 9.36 Å². The lowest BCUT2D eigenvalue weighted by Gasteiger charge is -2.09. The van der Waals surface area contributed by atoms with Gasteiger partial charge in [0.05, 0.1) is 12.1 Å². The summed E-state index contributed by atoms with van der Waals surface area (Å²) in [6.07, 6.45) is 0. The van der Waals surface area contributed by atoms with Gasteiger partial charge < -0.3 is 9.84 Å². The third kappa shape index (κ3) is 2.85. The molecule has 1 aromatic heterocycles. The molecular formula is C19H19NO3. The minimum atomic E-state index is -0.154. The Morgan fingerprint density at radius 3 is 2.48 bits per heavy atom. The van der Waals surface area contributed by atoms with E-state index < -0.39 is 0 Å². The van der Waals surface area contributed by atoms with E-state index in [2.05, 4.69) is 0 Å². The molecular weight excluding hydrogens is 290 g/mol. The highest BCUT2D eigenvalue weighted by atomic mass is 16.5. The summed E-state index contributed by atoms with van der Waals surface area (Å²) in [5, 5.41) is 10.5. The van der Waals surface area contributed by atoms with Crippen LogP contribution in [-0.4, -0.2) is 22.2 Å². The Labute approximate surface area is 134 Å². The molecule has 0 saturated heterocycles. The number of aryl methyl sites for hydroxylation is 1. The average Bonchev–Trinajstić information content (AvgIpc) is 2.85. The highest BCUT2D eigenvalue weighted by molar-refractivity contribution is 5.96. The van der Waals surface area contributed by atoms with E-state index in [4.69, 9.17) is 4.74 Å². The van der Waals surface area contributed by atoms with E-state index >= 15 is 0 Å². The van der Waals surface area contributed by atoms with E-state index in [1.165, 1.54) is 0 Å². The molecule has 0 fully saturated rings. The monoisotopic (exact) mass is 309 g/mol. The van der Waals surface area contributed by atoms with Crippen molar-refractivity contribution in [2.75, 3.05) is 6.61 Å². The molecule has 0 saturated carbocycles. The Bertz CT molecular complexity index is 847. The van der Waals surface area contributed by atoms with Crippen LogP contribution in [0.1, 0.15) is 21.6 Å². The Morgan fingerprint density at radius 2 is 1.78 bits per heavy atom. The fourth-order valence-corrected chi connectivity index (χ4v) is 2.80. The van der Waals surface area contributed by atoms with Crippen LogP contribution in [0.3, 0.4) is 0 Å². The summed E-state index contributed by atoms with van der Waals surface area (Å²) in [6, 6.07) is 15.2. The standard InChI is InChI=1S/C19H19NO3/c1-13-7-9-15(10-8-13)23-12-19(22)20-14(2)17(11-21)16-5-3-4-6-18(16)20/h3-10,21H,11-12H2,1-2H3. The van der Waals surface area contributed by atoms with Crippen molar-refractivity contribution >= 4 is 16.8 Å². The van der Waals surface area contributed by atoms with Gasteiger partial charge >= 0.3 is 0 Å². The van der Waals surface area contributed by atoms with Crippen LogP contribution in [0.15, 0.2) is 48.5 Å². The van der Waals surface area contributed by atoms with E-state index in [1.807, 2.05) is 62.4 Å². The third-order valence-electron chi connectivity index (χ3n) is 4.03. The van der Waals surface area contributed by atoms with Crippen LogP contribution in [0.25, 0.3) is 10.9 Å². The maximum atomic E-state index is 12.6. The molecule has 0 atom stereocenters.